The minimum absolute atomic E-state index is 0.539. The fourth-order valence-electron chi connectivity index (χ4n) is 3.36. The first kappa shape index (κ1) is 13.0. The highest BCUT2D eigenvalue weighted by Crippen LogP contribution is 2.44. The molecular formula is C16H23Cl. The van der Waals surface area contributed by atoms with Crippen molar-refractivity contribution in [2.24, 2.45) is 5.41 Å². The van der Waals surface area contributed by atoms with Crippen LogP contribution in [0.5, 0.6) is 0 Å². The molecule has 1 atom stereocenters. The van der Waals surface area contributed by atoms with Gasteiger partial charge in [0.2, 0.25) is 0 Å². The molecule has 1 unspecified atom stereocenters. The molecule has 2 rings (SSSR count). The zero-order chi connectivity index (χ0) is 12.3. The van der Waals surface area contributed by atoms with Crippen molar-refractivity contribution in [1.82, 2.24) is 0 Å². The summed E-state index contributed by atoms with van der Waals surface area (Å²) in [4.78, 5) is 0. The van der Waals surface area contributed by atoms with Crippen LogP contribution in [0.2, 0.25) is 5.02 Å². The van der Waals surface area contributed by atoms with E-state index in [1.54, 1.807) is 5.56 Å². The molecule has 17 heavy (non-hydrogen) atoms. The summed E-state index contributed by atoms with van der Waals surface area (Å²) in [5.74, 6) is 0. The molecular weight excluding hydrogens is 228 g/mol. The molecule has 0 fully saturated rings. The van der Waals surface area contributed by atoms with Gasteiger partial charge in [0, 0.05) is 5.02 Å². The van der Waals surface area contributed by atoms with E-state index < -0.39 is 0 Å². The number of hydrogen-bond donors (Lipinski definition) is 0. The quantitative estimate of drug-likeness (QED) is 0.655. The van der Waals surface area contributed by atoms with Crippen molar-refractivity contribution in [3.63, 3.8) is 0 Å². The number of unbranched alkanes of at least 4 members (excludes halogenated alkanes) is 1. The minimum atomic E-state index is 0.539. The molecule has 0 saturated carbocycles. The number of hydrogen-bond acceptors (Lipinski definition) is 0. The van der Waals surface area contributed by atoms with E-state index in [-0.39, 0.29) is 0 Å². The van der Waals surface area contributed by atoms with Crippen LogP contribution in [-0.4, -0.2) is 0 Å². The number of benzene rings is 1. The van der Waals surface area contributed by atoms with E-state index in [9.17, 15) is 0 Å². The van der Waals surface area contributed by atoms with Gasteiger partial charge in [-0.25, -0.2) is 0 Å². The van der Waals surface area contributed by atoms with Gasteiger partial charge < -0.3 is 0 Å². The SMILES string of the molecule is CCCCC1(CCC)Cc2ccc(Cl)cc2C1. The summed E-state index contributed by atoms with van der Waals surface area (Å²) in [5.41, 5.74) is 3.58. The van der Waals surface area contributed by atoms with Crippen LogP contribution in [0.3, 0.4) is 0 Å². The second-order valence-electron chi connectivity index (χ2n) is 5.62. The number of halogens is 1. The molecule has 0 aliphatic heterocycles. The van der Waals surface area contributed by atoms with E-state index in [1.165, 1.54) is 50.5 Å². The summed E-state index contributed by atoms with van der Waals surface area (Å²) < 4.78 is 0. The Kier molecular flexibility index (Phi) is 4.14. The van der Waals surface area contributed by atoms with Gasteiger partial charge in [-0.05, 0) is 54.4 Å². The number of rotatable bonds is 5. The van der Waals surface area contributed by atoms with Gasteiger partial charge in [0.15, 0.2) is 0 Å². The molecule has 0 saturated heterocycles. The average Bonchev–Trinajstić information content (AvgIpc) is 2.65. The normalized spacial score (nSPS) is 22.8. The van der Waals surface area contributed by atoms with Crippen LogP contribution in [0.15, 0.2) is 18.2 Å². The van der Waals surface area contributed by atoms with Crippen molar-refractivity contribution in [2.75, 3.05) is 0 Å². The standard InChI is InChI=1S/C16H23Cl/c1-3-5-9-16(8-4-2)11-13-6-7-15(17)10-14(13)12-16/h6-7,10H,3-5,8-9,11-12H2,1-2H3. The highest BCUT2D eigenvalue weighted by atomic mass is 35.5. The topological polar surface area (TPSA) is 0 Å². The Morgan fingerprint density at radius 1 is 1.06 bits per heavy atom. The zero-order valence-electron chi connectivity index (χ0n) is 11.1. The molecule has 94 valence electrons. The van der Waals surface area contributed by atoms with Gasteiger partial charge in [0.1, 0.15) is 0 Å². The van der Waals surface area contributed by atoms with Crippen LogP contribution in [0.25, 0.3) is 0 Å². The van der Waals surface area contributed by atoms with E-state index in [0.29, 0.717) is 5.41 Å². The predicted molar refractivity (Wildman–Crippen MR) is 75.7 cm³/mol. The van der Waals surface area contributed by atoms with Gasteiger partial charge in [-0.1, -0.05) is 50.8 Å². The van der Waals surface area contributed by atoms with Crippen LogP contribution in [0.4, 0.5) is 0 Å². The third kappa shape index (κ3) is 2.85. The maximum absolute atomic E-state index is 6.10. The molecule has 1 aromatic carbocycles. The predicted octanol–water partition coefficient (Wildman–Crippen LogP) is 5.42. The van der Waals surface area contributed by atoms with Gasteiger partial charge in [0.05, 0.1) is 0 Å². The highest BCUT2D eigenvalue weighted by molar-refractivity contribution is 6.30. The highest BCUT2D eigenvalue weighted by Gasteiger charge is 2.35. The third-order valence-corrected chi connectivity index (χ3v) is 4.38. The zero-order valence-corrected chi connectivity index (χ0v) is 11.8. The molecule has 0 amide bonds. The lowest BCUT2D eigenvalue weighted by molar-refractivity contribution is 0.245. The molecule has 1 aliphatic rings. The summed E-state index contributed by atoms with van der Waals surface area (Å²) >= 11 is 6.10. The Labute approximate surface area is 110 Å². The first-order valence-electron chi connectivity index (χ1n) is 6.96. The van der Waals surface area contributed by atoms with Crippen molar-refractivity contribution in [1.29, 1.82) is 0 Å². The van der Waals surface area contributed by atoms with E-state index >= 15 is 0 Å². The van der Waals surface area contributed by atoms with Crippen LogP contribution in [0, 0.1) is 5.41 Å². The summed E-state index contributed by atoms with van der Waals surface area (Å²) in [7, 11) is 0. The number of fused-ring (bicyclic) bond motifs is 1. The van der Waals surface area contributed by atoms with Crippen LogP contribution >= 0.6 is 11.6 Å². The van der Waals surface area contributed by atoms with E-state index in [2.05, 4.69) is 26.0 Å². The Balaban J connectivity index is 2.17. The molecule has 1 aliphatic carbocycles. The van der Waals surface area contributed by atoms with E-state index in [1.807, 2.05) is 6.07 Å². The largest absolute Gasteiger partial charge is 0.0843 e. The molecule has 1 aromatic rings. The molecule has 0 spiro atoms. The Morgan fingerprint density at radius 3 is 2.53 bits per heavy atom. The third-order valence-electron chi connectivity index (χ3n) is 4.14. The van der Waals surface area contributed by atoms with Crippen molar-refractivity contribution < 1.29 is 0 Å². The maximum Gasteiger partial charge on any atom is 0.0408 e. The van der Waals surface area contributed by atoms with Crippen molar-refractivity contribution in [3.05, 3.63) is 34.3 Å². The average molecular weight is 251 g/mol. The fourth-order valence-corrected chi connectivity index (χ4v) is 3.56. The lowest BCUT2D eigenvalue weighted by atomic mass is 9.76. The molecule has 0 nitrogen and oxygen atoms in total. The smallest absolute Gasteiger partial charge is 0.0408 e. The Bertz CT molecular complexity index is 383. The lowest BCUT2D eigenvalue weighted by Gasteiger charge is -2.28. The van der Waals surface area contributed by atoms with Gasteiger partial charge in [-0.3, -0.25) is 0 Å². The second-order valence-corrected chi connectivity index (χ2v) is 6.06. The molecule has 0 radical (unpaired) electrons. The second kappa shape index (κ2) is 5.44. The lowest BCUT2D eigenvalue weighted by Crippen LogP contribution is -2.21. The molecule has 0 N–H and O–H groups in total. The van der Waals surface area contributed by atoms with Crippen LogP contribution in [-0.2, 0) is 12.8 Å². The minimum Gasteiger partial charge on any atom is -0.0843 e. The molecule has 1 heteroatoms. The summed E-state index contributed by atoms with van der Waals surface area (Å²) in [6.07, 6.45) is 9.22. The van der Waals surface area contributed by atoms with Crippen LogP contribution in [0.1, 0.15) is 57.1 Å². The van der Waals surface area contributed by atoms with Crippen molar-refractivity contribution in [3.8, 4) is 0 Å². The monoisotopic (exact) mass is 250 g/mol. The van der Waals surface area contributed by atoms with Crippen molar-refractivity contribution in [2.45, 2.75) is 58.8 Å². The summed E-state index contributed by atoms with van der Waals surface area (Å²) in [5, 5.41) is 0.895. The Hall–Kier alpha value is -0.490. The van der Waals surface area contributed by atoms with Crippen molar-refractivity contribution >= 4 is 11.6 Å². The summed E-state index contributed by atoms with van der Waals surface area (Å²) in [6.45, 7) is 4.60. The van der Waals surface area contributed by atoms with Crippen LogP contribution < -0.4 is 0 Å². The van der Waals surface area contributed by atoms with Gasteiger partial charge in [-0.15, -0.1) is 0 Å². The first-order valence-corrected chi connectivity index (χ1v) is 7.34. The Morgan fingerprint density at radius 2 is 1.82 bits per heavy atom. The van der Waals surface area contributed by atoms with Gasteiger partial charge in [-0.2, -0.15) is 0 Å². The maximum atomic E-state index is 6.10. The summed E-state index contributed by atoms with van der Waals surface area (Å²) in [6, 6.07) is 6.46. The molecule has 0 bridgehead atoms. The van der Waals surface area contributed by atoms with E-state index in [0.717, 1.165) is 5.02 Å². The first-order chi connectivity index (χ1) is 8.19. The molecule has 0 heterocycles. The molecule has 0 aromatic heterocycles. The fraction of sp³-hybridized carbons (Fsp3) is 0.625. The van der Waals surface area contributed by atoms with Gasteiger partial charge in [0.25, 0.3) is 0 Å². The van der Waals surface area contributed by atoms with E-state index in [4.69, 9.17) is 11.6 Å². The van der Waals surface area contributed by atoms with Gasteiger partial charge >= 0.3 is 0 Å².